The quantitative estimate of drug-likeness (QED) is 0.669. The van der Waals surface area contributed by atoms with E-state index >= 15 is 0 Å². The molecule has 0 aliphatic heterocycles. The van der Waals surface area contributed by atoms with Gasteiger partial charge in [-0.1, -0.05) is 26.3 Å². The van der Waals surface area contributed by atoms with E-state index in [0.717, 1.165) is 23.7 Å². The van der Waals surface area contributed by atoms with E-state index in [4.69, 9.17) is 5.73 Å². The van der Waals surface area contributed by atoms with Crippen molar-refractivity contribution in [3.8, 4) is 0 Å². The lowest BCUT2D eigenvalue weighted by molar-refractivity contribution is -0.0741. The van der Waals surface area contributed by atoms with Crippen molar-refractivity contribution in [2.75, 3.05) is 0 Å². The van der Waals surface area contributed by atoms with Crippen LogP contribution in [0.25, 0.3) is 0 Å². The Hall–Kier alpha value is -0.460. The van der Waals surface area contributed by atoms with Crippen molar-refractivity contribution in [1.82, 2.24) is 0 Å². The molecule has 3 saturated carbocycles. The minimum Gasteiger partial charge on any atom is -0.402 e. The summed E-state index contributed by atoms with van der Waals surface area (Å²) in [6, 6.07) is 0. The van der Waals surface area contributed by atoms with E-state index in [9.17, 15) is 0 Å². The van der Waals surface area contributed by atoms with Crippen molar-refractivity contribution < 1.29 is 0 Å². The van der Waals surface area contributed by atoms with Gasteiger partial charge >= 0.3 is 0 Å². The molecule has 4 rings (SSSR count). The van der Waals surface area contributed by atoms with Crippen LogP contribution in [0.2, 0.25) is 0 Å². The molecule has 4 aliphatic rings. The van der Waals surface area contributed by atoms with Gasteiger partial charge in [-0.3, -0.25) is 0 Å². The van der Waals surface area contributed by atoms with Crippen molar-refractivity contribution in [3.05, 3.63) is 11.8 Å². The zero-order valence-corrected chi connectivity index (χ0v) is 13.3. The van der Waals surface area contributed by atoms with Gasteiger partial charge in [0.15, 0.2) is 0 Å². The molecule has 0 saturated heterocycles. The number of allylic oxidation sites excluding steroid dienone is 2. The lowest BCUT2D eigenvalue weighted by Gasteiger charge is -2.59. The first kappa shape index (κ1) is 13.2. The smallest absolute Gasteiger partial charge is 0.0126 e. The Morgan fingerprint density at radius 2 is 1.85 bits per heavy atom. The van der Waals surface area contributed by atoms with E-state index in [1.54, 1.807) is 0 Å². The molecule has 1 nitrogen and oxygen atoms in total. The third-order valence-electron chi connectivity index (χ3n) is 8.19. The molecule has 4 aliphatic carbocycles. The number of rotatable bonds is 0. The summed E-state index contributed by atoms with van der Waals surface area (Å²) in [6.45, 7) is 5.12. The molecule has 2 N–H and O–H groups in total. The van der Waals surface area contributed by atoms with Crippen LogP contribution >= 0.6 is 0 Å². The highest BCUT2D eigenvalue weighted by molar-refractivity contribution is 5.21. The van der Waals surface area contributed by atoms with E-state index in [0.29, 0.717) is 10.8 Å². The number of hydrogen-bond donors (Lipinski definition) is 1. The highest BCUT2D eigenvalue weighted by atomic mass is 14.7. The van der Waals surface area contributed by atoms with Gasteiger partial charge in [-0.15, -0.1) is 0 Å². The van der Waals surface area contributed by atoms with E-state index in [1.165, 1.54) is 63.5 Å². The molecule has 0 aromatic carbocycles. The Kier molecular flexibility index (Phi) is 2.82. The monoisotopic (exact) mass is 273 g/mol. The Balaban J connectivity index is 1.71. The summed E-state index contributed by atoms with van der Waals surface area (Å²) in [6.07, 6.45) is 15.3. The zero-order valence-electron chi connectivity index (χ0n) is 13.3. The number of fused-ring (bicyclic) bond motifs is 5. The standard InChI is InChI=1S/C19H31N/c1-18-11-4-6-15(18)14-9-8-13-5-3-7-17(20)19(13,2)16(14)10-12-18/h7,13-16H,3-6,8-12,20H2,1-2H3/t13?,14-,15-,16-,18-,19-/m0/s1. The minimum atomic E-state index is 0.338. The molecule has 1 unspecified atom stereocenters. The van der Waals surface area contributed by atoms with E-state index in [1.807, 2.05) is 0 Å². The van der Waals surface area contributed by atoms with Gasteiger partial charge in [-0.25, -0.2) is 0 Å². The molecule has 0 aromatic rings. The van der Waals surface area contributed by atoms with Crippen LogP contribution in [0, 0.1) is 34.5 Å². The summed E-state index contributed by atoms with van der Waals surface area (Å²) in [5, 5.41) is 0. The van der Waals surface area contributed by atoms with Crippen LogP contribution in [0.1, 0.15) is 71.6 Å². The molecular formula is C19H31N. The van der Waals surface area contributed by atoms with Crippen LogP contribution in [-0.2, 0) is 0 Å². The summed E-state index contributed by atoms with van der Waals surface area (Å²) in [5.74, 6) is 3.74. The van der Waals surface area contributed by atoms with Crippen LogP contribution in [0.5, 0.6) is 0 Å². The van der Waals surface area contributed by atoms with Crippen molar-refractivity contribution in [3.63, 3.8) is 0 Å². The fourth-order valence-corrected chi connectivity index (χ4v) is 6.98. The van der Waals surface area contributed by atoms with Crippen molar-refractivity contribution in [2.45, 2.75) is 71.6 Å². The Labute approximate surface area is 124 Å². The molecule has 20 heavy (non-hydrogen) atoms. The maximum atomic E-state index is 6.56. The summed E-state index contributed by atoms with van der Waals surface area (Å²) in [5.41, 5.74) is 8.83. The van der Waals surface area contributed by atoms with Crippen molar-refractivity contribution in [1.29, 1.82) is 0 Å². The molecule has 1 heteroatoms. The zero-order chi connectivity index (χ0) is 14.0. The second-order valence-electron chi connectivity index (χ2n) is 8.76. The molecule has 3 fully saturated rings. The van der Waals surface area contributed by atoms with E-state index < -0.39 is 0 Å². The second-order valence-corrected chi connectivity index (χ2v) is 8.76. The lowest BCUT2D eigenvalue weighted by atomic mass is 9.46. The van der Waals surface area contributed by atoms with Crippen molar-refractivity contribution >= 4 is 0 Å². The first-order valence-corrected chi connectivity index (χ1v) is 9.02. The molecule has 0 aromatic heterocycles. The van der Waals surface area contributed by atoms with Gasteiger partial charge in [0.25, 0.3) is 0 Å². The molecule has 6 atom stereocenters. The first-order chi connectivity index (χ1) is 9.56. The number of hydrogen-bond acceptors (Lipinski definition) is 1. The van der Waals surface area contributed by atoms with Gasteiger partial charge in [-0.05, 0) is 80.5 Å². The average molecular weight is 273 g/mol. The predicted molar refractivity (Wildman–Crippen MR) is 84.0 cm³/mol. The Morgan fingerprint density at radius 1 is 1.00 bits per heavy atom. The molecule has 0 bridgehead atoms. The second kappa shape index (κ2) is 4.27. The fraction of sp³-hybridized carbons (Fsp3) is 0.895. The highest BCUT2D eigenvalue weighted by Gasteiger charge is 2.57. The van der Waals surface area contributed by atoms with Crippen LogP contribution in [-0.4, -0.2) is 0 Å². The number of nitrogens with two attached hydrogens (primary N) is 1. The van der Waals surface area contributed by atoms with Gasteiger partial charge in [0.1, 0.15) is 0 Å². The average Bonchev–Trinajstić information content (AvgIpc) is 2.82. The van der Waals surface area contributed by atoms with Gasteiger partial charge < -0.3 is 5.73 Å². The van der Waals surface area contributed by atoms with Gasteiger partial charge in [0.05, 0.1) is 0 Å². The van der Waals surface area contributed by atoms with E-state index in [-0.39, 0.29) is 0 Å². The van der Waals surface area contributed by atoms with Crippen LogP contribution in [0.3, 0.4) is 0 Å². The maximum Gasteiger partial charge on any atom is 0.0126 e. The van der Waals surface area contributed by atoms with Crippen LogP contribution in [0.4, 0.5) is 0 Å². The Bertz CT molecular complexity index is 439. The topological polar surface area (TPSA) is 26.0 Å². The molecule has 0 spiro atoms. The summed E-state index contributed by atoms with van der Waals surface area (Å²) in [7, 11) is 0. The van der Waals surface area contributed by atoms with Crippen LogP contribution in [0.15, 0.2) is 11.8 Å². The maximum absolute atomic E-state index is 6.56. The third kappa shape index (κ3) is 1.56. The largest absolute Gasteiger partial charge is 0.402 e. The molecule has 112 valence electrons. The SMILES string of the molecule is C[C@@]12CCC[C@H]1[C@@H]1CCC3CCC=C(N)[C@]3(C)[C@H]1CC2. The first-order valence-electron chi connectivity index (χ1n) is 9.02. The van der Waals surface area contributed by atoms with Gasteiger partial charge in [-0.2, -0.15) is 0 Å². The molecule has 0 amide bonds. The lowest BCUT2D eigenvalue weighted by Crippen LogP contribution is -2.53. The molecule has 0 radical (unpaired) electrons. The Morgan fingerprint density at radius 3 is 2.70 bits per heavy atom. The van der Waals surface area contributed by atoms with E-state index in [2.05, 4.69) is 19.9 Å². The van der Waals surface area contributed by atoms with Gasteiger partial charge in [0, 0.05) is 11.1 Å². The third-order valence-corrected chi connectivity index (χ3v) is 8.19. The fourth-order valence-electron chi connectivity index (χ4n) is 6.98. The molecule has 0 heterocycles. The summed E-state index contributed by atoms with van der Waals surface area (Å²) >= 11 is 0. The predicted octanol–water partition coefficient (Wildman–Crippen LogP) is 4.87. The summed E-state index contributed by atoms with van der Waals surface area (Å²) in [4.78, 5) is 0. The normalized spacial score (nSPS) is 54.6. The summed E-state index contributed by atoms with van der Waals surface area (Å²) < 4.78 is 0. The van der Waals surface area contributed by atoms with Crippen LogP contribution < -0.4 is 5.73 Å². The highest BCUT2D eigenvalue weighted by Crippen LogP contribution is 2.65. The van der Waals surface area contributed by atoms with Crippen molar-refractivity contribution in [2.24, 2.45) is 40.2 Å². The van der Waals surface area contributed by atoms with Gasteiger partial charge in [0.2, 0.25) is 0 Å². The molecular weight excluding hydrogens is 242 g/mol. The minimum absolute atomic E-state index is 0.338.